The summed E-state index contributed by atoms with van der Waals surface area (Å²) in [6, 6.07) is 0. The maximum absolute atomic E-state index is 12.6. The van der Waals surface area contributed by atoms with Crippen molar-refractivity contribution >= 4 is 12.4 Å². The van der Waals surface area contributed by atoms with Gasteiger partial charge in [0.2, 0.25) is 5.76 Å². The molecule has 138 valence electrons. The van der Waals surface area contributed by atoms with Gasteiger partial charge < -0.3 is 14.4 Å². The minimum absolute atomic E-state index is 0.0359. The van der Waals surface area contributed by atoms with Crippen LogP contribution in [0, 0.1) is 18.8 Å². The fourth-order valence-corrected chi connectivity index (χ4v) is 2.57. The van der Waals surface area contributed by atoms with Crippen molar-refractivity contribution in [2.45, 2.75) is 40.0 Å². The molecule has 1 aliphatic rings. The minimum atomic E-state index is -0.250. The zero-order valence-electron chi connectivity index (χ0n) is 15.2. The summed E-state index contributed by atoms with van der Waals surface area (Å²) in [5, 5.41) is 6.89. The molecular weight excluding hydrogens is 322 g/mol. The topological polar surface area (TPSA) is 86.9 Å². The predicted octanol–water partition coefficient (Wildman–Crippen LogP) is 1.81. The van der Waals surface area contributed by atoms with E-state index in [1.807, 2.05) is 18.7 Å². The van der Waals surface area contributed by atoms with E-state index in [-0.39, 0.29) is 12.4 Å². The number of hydrogen-bond acceptors (Lipinski definition) is 5. The molecule has 0 bridgehead atoms. The molecule has 0 aromatic carbocycles. The van der Waals surface area contributed by atoms with Gasteiger partial charge in [0.15, 0.2) is 5.89 Å². The Kier molecular flexibility index (Phi) is 9.33. The Morgan fingerprint density at radius 2 is 2.00 bits per heavy atom. The first-order chi connectivity index (χ1) is 12.1. The predicted molar refractivity (Wildman–Crippen MR) is 94.3 cm³/mol. The number of nitrogens with zero attached hydrogens (tertiary/aromatic N) is 3. The summed E-state index contributed by atoms with van der Waals surface area (Å²) in [6.45, 7) is 9.72. The van der Waals surface area contributed by atoms with E-state index in [4.69, 9.17) is 14.3 Å². The molecule has 0 aliphatic carbocycles. The van der Waals surface area contributed by atoms with E-state index in [2.05, 4.69) is 28.6 Å². The minimum Gasteiger partial charge on any atom is -0.483 e. The third kappa shape index (κ3) is 6.59. The van der Waals surface area contributed by atoms with Crippen molar-refractivity contribution < 1.29 is 19.1 Å². The number of aryl methyl sites for hydroxylation is 2. The Morgan fingerprint density at radius 1 is 1.28 bits per heavy atom. The van der Waals surface area contributed by atoms with E-state index in [1.54, 1.807) is 0 Å². The average molecular weight is 349 g/mol. The molecule has 0 atom stereocenters. The molecule has 0 unspecified atom stereocenters. The van der Waals surface area contributed by atoms with Gasteiger partial charge in [0.25, 0.3) is 12.4 Å². The molecule has 2 heterocycles. The molecular formula is C18H27N3O4. The summed E-state index contributed by atoms with van der Waals surface area (Å²) in [5.74, 6) is 7.26. The number of carbonyl (C=O) groups excluding carboxylic acids is 1. The van der Waals surface area contributed by atoms with Gasteiger partial charge in [0.05, 0.1) is 12.2 Å². The first kappa shape index (κ1) is 20.7. The van der Waals surface area contributed by atoms with E-state index in [0.29, 0.717) is 30.3 Å². The van der Waals surface area contributed by atoms with Gasteiger partial charge in [-0.25, -0.2) is 4.98 Å². The highest BCUT2D eigenvalue weighted by Gasteiger charge is 2.25. The molecule has 1 aliphatic heterocycles. The van der Waals surface area contributed by atoms with Crippen LogP contribution in [0.25, 0.3) is 0 Å². The molecule has 7 heteroatoms. The lowest BCUT2D eigenvalue weighted by Crippen LogP contribution is -2.35. The summed E-state index contributed by atoms with van der Waals surface area (Å²) in [4.78, 5) is 29.4. The van der Waals surface area contributed by atoms with Gasteiger partial charge in [-0.2, -0.15) is 0 Å². The Morgan fingerprint density at radius 3 is 2.60 bits per heavy atom. The van der Waals surface area contributed by atoms with Gasteiger partial charge in [-0.3, -0.25) is 14.5 Å². The van der Waals surface area contributed by atoms with Crippen LogP contribution in [0.4, 0.5) is 0 Å². The quantitative estimate of drug-likeness (QED) is 0.661. The summed E-state index contributed by atoms with van der Waals surface area (Å²) in [5.41, 5.74) is 0.691. The van der Waals surface area contributed by atoms with Crippen molar-refractivity contribution in [3.05, 3.63) is 17.3 Å². The maximum atomic E-state index is 12.6. The standard InChI is InChI=1S/C17H25N3O2.CH2O2/c1-4-6-7-9-19-10-8-11-20(13-12-19)17(21)16-14(3)18-15(5-2)22-16;2-1-3/h4-5,8-13H2,1-3H3;1H,(H,2,3). The lowest BCUT2D eigenvalue weighted by Gasteiger charge is -2.20. The lowest BCUT2D eigenvalue weighted by atomic mass is 10.3. The molecule has 1 aromatic heterocycles. The molecule has 0 saturated carbocycles. The van der Waals surface area contributed by atoms with Crippen LogP contribution in [0.1, 0.15) is 48.8 Å². The SMILES string of the molecule is CCC#CCN1CCCN(C(=O)c2oc(CC)nc2C)CC1.O=CO. The molecule has 25 heavy (non-hydrogen) atoms. The normalized spacial score (nSPS) is 14.6. The highest BCUT2D eigenvalue weighted by Crippen LogP contribution is 2.15. The lowest BCUT2D eigenvalue weighted by molar-refractivity contribution is -0.122. The van der Waals surface area contributed by atoms with Gasteiger partial charge in [-0.05, 0) is 13.3 Å². The summed E-state index contributed by atoms with van der Waals surface area (Å²) < 4.78 is 5.59. The van der Waals surface area contributed by atoms with Crippen molar-refractivity contribution in [1.29, 1.82) is 0 Å². The van der Waals surface area contributed by atoms with Gasteiger partial charge in [0, 0.05) is 39.0 Å². The Hall–Kier alpha value is -2.33. The fraction of sp³-hybridized carbons (Fsp3) is 0.611. The molecule has 1 amide bonds. The number of carbonyl (C=O) groups is 2. The summed E-state index contributed by atoms with van der Waals surface area (Å²) in [6.07, 6.45) is 2.56. The van der Waals surface area contributed by atoms with Crippen molar-refractivity contribution in [2.24, 2.45) is 0 Å². The molecule has 1 N–H and O–H groups in total. The molecule has 0 radical (unpaired) electrons. The Bertz CT molecular complexity index is 616. The van der Waals surface area contributed by atoms with Crippen LogP contribution in [0.5, 0.6) is 0 Å². The van der Waals surface area contributed by atoms with E-state index >= 15 is 0 Å². The number of hydrogen-bond donors (Lipinski definition) is 1. The smallest absolute Gasteiger partial charge is 0.291 e. The molecule has 0 spiro atoms. The zero-order chi connectivity index (χ0) is 18.7. The van der Waals surface area contributed by atoms with Gasteiger partial charge in [-0.1, -0.05) is 19.8 Å². The van der Waals surface area contributed by atoms with Crippen molar-refractivity contribution in [2.75, 3.05) is 32.7 Å². The number of rotatable bonds is 3. The largest absolute Gasteiger partial charge is 0.483 e. The second kappa shape index (κ2) is 11.3. The van der Waals surface area contributed by atoms with Crippen LogP contribution in [-0.2, 0) is 11.2 Å². The van der Waals surface area contributed by atoms with Crippen molar-refractivity contribution in [1.82, 2.24) is 14.8 Å². The van der Waals surface area contributed by atoms with Crippen LogP contribution in [0.3, 0.4) is 0 Å². The second-order valence-corrected chi connectivity index (χ2v) is 5.61. The average Bonchev–Trinajstić information content (AvgIpc) is 2.82. The first-order valence-corrected chi connectivity index (χ1v) is 8.58. The monoisotopic (exact) mass is 349 g/mol. The zero-order valence-corrected chi connectivity index (χ0v) is 15.2. The second-order valence-electron chi connectivity index (χ2n) is 5.61. The summed E-state index contributed by atoms with van der Waals surface area (Å²) in [7, 11) is 0. The third-order valence-electron chi connectivity index (χ3n) is 3.82. The maximum Gasteiger partial charge on any atom is 0.291 e. The highest BCUT2D eigenvalue weighted by molar-refractivity contribution is 5.92. The van der Waals surface area contributed by atoms with E-state index in [0.717, 1.165) is 39.0 Å². The summed E-state index contributed by atoms with van der Waals surface area (Å²) >= 11 is 0. The highest BCUT2D eigenvalue weighted by atomic mass is 16.4. The molecule has 1 fully saturated rings. The van der Waals surface area contributed by atoms with Crippen molar-refractivity contribution in [3.63, 3.8) is 0 Å². The van der Waals surface area contributed by atoms with Crippen LogP contribution in [0.2, 0.25) is 0 Å². The number of carboxylic acid groups (broad SMARTS) is 1. The van der Waals surface area contributed by atoms with Crippen LogP contribution < -0.4 is 0 Å². The van der Waals surface area contributed by atoms with Crippen LogP contribution in [-0.4, -0.2) is 65.0 Å². The number of aromatic nitrogens is 1. The van der Waals surface area contributed by atoms with E-state index < -0.39 is 0 Å². The molecule has 1 saturated heterocycles. The van der Waals surface area contributed by atoms with E-state index in [9.17, 15) is 4.79 Å². The molecule has 2 rings (SSSR count). The van der Waals surface area contributed by atoms with Gasteiger partial charge >= 0.3 is 0 Å². The Labute approximate surface area is 149 Å². The van der Waals surface area contributed by atoms with Crippen molar-refractivity contribution in [3.8, 4) is 11.8 Å². The first-order valence-electron chi connectivity index (χ1n) is 8.58. The molecule has 1 aromatic rings. The third-order valence-corrected chi connectivity index (χ3v) is 3.82. The Balaban J connectivity index is 0.000000970. The van der Waals surface area contributed by atoms with Gasteiger partial charge in [-0.15, -0.1) is 5.92 Å². The van der Waals surface area contributed by atoms with Crippen LogP contribution in [0.15, 0.2) is 4.42 Å². The van der Waals surface area contributed by atoms with E-state index in [1.165, 1.54) is 0 Å². The van der Waals surface area contributed by atoms with Crippen LogP contribution >= 0.6 is 0 Å². The molecule has 7 nitrogen and oxygen atoms in total. The fourth-order valence-electron chi connectivity index (χ4n) is 2.57. The number of oxazole rings is 1. The van der Waals surface area contributed by atoms with Gasteiger partial charge in [0.1, 0.15) is 0 Å². The number of amides is 1.